The molecule has 1 amide bonds. The molecule has 0 unspecified atom stereocenters. The van der Waals surface area contributed by atoms with Crippen molar-refractivity contribution in [3.63, 3.8) is 0 Å². The van der Waals surface area contributed by atoms with Gasteiger partial charge in [0.05, 0.1) is 5.69 Å². The lowest BCUT2D eigenvalue weighted by Gasteiger charge is -2.36. The summed E-state index contributed by atoms with van der Waals surface area (Å²) in [5.41, 5.74) is -0.198. The number of nitrogens with zero attached hydrogens (tertiary/aromatic N) is 3. The standard InChI is InChI=1S/C25H35FN4O2/c1-2-3-6-18-9-11-20(12-10-18)24(31)29-15-13-19(14-16-29)17-23-27-28-25(32)30(23)22-8-5-4-7-21(22)26/h4-5,7-8,18-20H,2-3,6,9-17H2,1H3,(H,28,32). The van der Waals surface area contributed by atoms with E-state index < -0.39 is 11.5 Å². The molecule has 0 radical (unpaired) electrons. The minimum atomic E-state index is -0.443. The predicted octanol–water partition coefficient (Wildman–Crippen LogP) is 4.48. The van der Waals surface area contributed by atoms with Gasteiger partial charge >= 0.3 is 5.69 Å². The Hall–Kier alpha value is -2.44. The van der Waals surface area contributed by atoms with E-state index >= 15 is 0 Å². The monoisotopic (exact) mass is 442 g/mol. The van der Waals surface area contributed by atoms with E-state index in [1.165, 1.54) is 42.7 Å². The number of carbonyl (C=O) groups excluding carboxylic acids is 1. The van der Waals surface area contributed by atoms with Gasteiger partial charge in [0.2, 0.25) is 5.91 Å². The fourth-order valence-corrected chi connectivity index (χ4v) is 5.41. The quantitative estimate of drug-likeness (QED) is 0.687. The number of piperidine rings is 1. The number of aromatic amines is 1. The van der Waals surface area contributed by atoms with Crippen LogP contribution in [0, 0.1) is 23.6 Å². The number of likely N-dealkylation sites (tertiary alicyclic amines) is 1. The summed E-state index contributed by atoms with van der Waals surface area (Å²) >= 11 is 0. The van der Waals surface area contributed by atoms with E-state index in [1.54, 1.807) is 18.2 Å². The number of hydrogen-bond acceptors (Lipinski definition) is 3. The second kappa shape index (κ2) is 10.5. The zero-order chi connectivity index (χ0) is 22.5. The second-order valence-electron chi connectivity index (χ2n) is 9.56. The van der Waals surface area contributed by atoms with Crippen LogP contribution in [0.5, 0.6) is 0 Å². The summed E-state index contributed by atoms with van der Waals surface area (Å²) in [4.78, 5) is 27.3. The highest BCUT2D eigenvalue weighted by Gasteiger charge is 2.32. The molecule has 0 atom stereocenters. The number of para-hydroxylation sites is 1. The van der Waals surface area contributed by atoms with Gasteiger partial charge in [-0.25, -0.2) is 18.9 Å². The maximum absolute atomic E-state index is 14.2. The summed E-state index contributed by atoms with van der Waals surface area (Å²) in [6.07, 6.45) is 10.7. The van der Waals surface area contributed by atoms with Crippen LogP contribution in [0.3, 0.4) is 0 Å². The smallest absolute Gasteiger partial charge is 0.342 e. The highest BCUT2D eigenvalue weighted by atomic mass is 19.1. The first-order valence-corrected chi connectivity index (χ1v) is 12.3. The van der Waals surface area contributed by atoms with Crippen LogP contribution in [0.4, 0.5) is 4.39 Å². The highest BCUT2D eigenvalue weighted by Crippen LogP contribution is 2.34. The van der Waals surface area contributed by atoms with E-state index in [0.29, 0.717) is 24.1 Å². The average Bonchev–Trinajstić information content (AvgIpc) is 3.18. The van der Waals surface area contributed by atoms with Crippen molar-refractivity contribution < 1.29 is 9.18 Å². The molecule has 1 aliphatic heterocycles. The van der Waals surface area contributed by atoms with Gasteiger partial charge in [-0.1, -0.05) is 38.3 Å². The van der Waals surface area contributed by atoms with Crippen molar-refractivity contribution in [1.29, 1.82) is 0 Å². The Kier molecular flexibility index (Phi) is 7.43. The van der Waals surface area contributed by atoms with Crippen LogP contribution < -0.4 is 5.69 Å². The number of carbonyl (C=O) groups is 1. The summed E-state index contributed by atoms with van der Waals surface area (Å²) in [5.74, 6) is 1.77. The Morgan fingerprint density at radius 3 is 2.50 bits per heavy atom. The largest absolute Gasteiger partial charge is 0.348 e. The third kappa shape index (κ3) is 5.13. The van der Waals surface area contributed by atoms with Gasteiger partial charge in [-0.15, -0.1) is 0 Å². The molecule has 7 heteroatoms. The highest BCUT2D eigenvalue weighted by molar-refractivity contribution is 5.79. The number of nitrogens with one attached hydrogen (secondary N) is 1. The zero-order valence-electron chi connectivity index (χ0n) is 19.1. The molecule has 2 heterocycles. The third-order valence-corrected chi connectivity index (χ3v) is 7.39. The van der Waals surface area contributed by atoms with E-state index in [4.69, 9.17) is 0 Å². The molecule has 1 aromatic heterocycles. The van der Waals surface area contributed by atoms with Crippen LogP contribution in [0.2, 0.25) is 0 Å². The van der Waals surface area contributed by atoms with E-state index in [9.17, 15) is 14.0 Å². The van der Waals surface area contributed by atoms with Crippen molar-refractivity contribution in [2.75, 3.05) is 13.1 Å². The van der Waals surface area contributed by atoms with Gasteiger partial charge in [-0.3, -0.25) is 4.79 Å². The number of aromatic nitrogens is 3. The molecule has 1 saturated carbocycles. The average molecular weight is 443 g/mol. The Labute approximate surface area is 189 Å². The van der Waals surface area contributed by atoms with Gasteiger partial charge in [0, 0.05) is 25.4 Å². The Balaban J connectivity index is 1.30. The Bertz CT molecular complexity index is 953. The van der Waals surface area contributed by atoms with Crippen molar-refractivity contribution in [3.8, 4) is 5.69 Å². The van der Waals surface area contributed by atoms with Crippen LogP contribution in [-0.4, -0.2) is 38.7 Å². The van der Waals surface area contributed by atoms with E-state index in [1.807, 2.05) is 4.90 Å². The maximum Gasteiger partial charge on any atom is 0.348 e. The molecule has 1 aromatic carbocycles. The van der Waals surface area contributed by atoms with Crippen molar-refractivity contribution in [2.24, 2.45) is 17.8 Å². The molecule has 6 nitrogen and oxygen atoms in total. The minimum Gasteiger partial charge on any atom is -0.342 e. The minimum absolute atomic E-state index is 0.196. The number of benzene rings is 1. The zero-order valence-corrected chi connectivity index (χ0v) is 19.1. The summed E-state index contributed by atoms with van der Waals surface area (Å²) < 4.78 is 15.6. The number of amides is 1. The molecule has 0 bridgehead atoms. The first-order chi connectivity index (χ1) is 15.6. The van der Waals surface area contributed by atoms with E-state index in [0.717, 1.165) is 44.7 Å². The number of halogens is 1. The lowest BCUT2D eigenvalue weighted by Crippen LogP contribution is -2.43. The fraction of sp³-hybridized carbons (Fsp3) is 0.640. The molecular formula is C25H35FN4O2. The van der Waals surface area contributed by atoms with Crippen molar-refractivity contribution in [2.45, 2.75) is 71.1 Å². The van der Waals surface area contributed by atoms with E-state index in [-0.39, 0.29) is 11.6 Å². The third-order valence-electron chi connectivity index (χ3n) is 7.39. The van der Waals surface area contributed by atoms with Gasteiger partial charge in [-0.05, 0) is 62.5 Å². The summed E-state index contributed by atoms with van der Waals surface area (Å²) in [7, 11) is 0. The fourth-order valence-electron chi connectivity index (χ4n) is 5.41. The molecule has 2 fully saturated rings. The molecule has 1 saturated heterocycles. The maximum atomic E-state index is 14.2. The Morgan fingerprint density at radius 2 is 1.81 bits per heavy atom. The number of unbranched alkanes of at least 4 members (excludes halogenated alkanes) is 1. The molecule has 2 aromatic rings. The topological polar surface area (TPSA) is 71.0 Å². The molecule has 174 valence electrons. The summed E-state index contributed by atoms with van der Waals surface area (Å²) in [6.45, 7) is 3.76. The van der Waals surface area contributed by atoms with Crippen LogP contribution in [-0.2, 0) is 11.2 Å². The lowest BCUT2D eigenvalue weighted by molar-refractivity contribution is -0.138. The van der Waals surface area contributed by atoms with Crippen molar-refractivity contribution >= 4 is 5.91 Å². The van der Waals surface area contributed by atoms with Crippen LogP contribution in [0.25, 0.3) is 5.69 Å². The molecule has 1 aliphatic carbocycles. The number of hydrogen-bond donors (Lipinski definition) is 1. The van der Waals surface area contributed by atoms with Crippen LogP contribution in [0.1, 0.15) is 70.5 Å². The molecular weight excluding hydrogens is 407 g/mol. The SMILES string of the molecule is CCCCC1CCC(C(=O)N2CCC(Cc3n[nH]c(=O)n3-c3ccccc3F)CC2)CC1. The first-order valence-electron chi connectivity index (χ1n) is 12.3. The molecule has 2 aliphatic rings. The van der Waals surface area contributed by atoms with Gasteiger partial charge in [0.25, 0.3) is 0 Å². The van der Waals surface area contributed by atoms with Gasteiger partial charge < -0.3 is 4.90 Å². The number of rotatable bonds is 7. The summed E-state index contributed by atoms with van der Waals surface area (Å²) in [6, 6.07) is 6.25. The van der Waals surface area contributed by atoms with Crippen LogP contribution in [0.15, 0.2) is 29.1 Å². The number of H-pyrrole nitrogens is 1. The van der Waals surface area contributed by atoms with Gasteiger partial charge in [0.1, 0.15) is 11.6 Å². The first kappa shape index (κ1) is 22.7. The van der Waals surface area contributed by atoms with Crippen molar-refractivity contribution in [1.82, 2.24) is 19.7 Å². The summed E-state index contributed by atoms with van der Waals surface area (Å²) in [5, 5.41) is 6.63. The second-order valence-corrected chi connectivity index (χ2v) is 9.56. The Morgan fingerprint density at radius 1 is 1.09 bits per heavy atom. The molecule has 0 spiro atoms. The van der Waals surface area contributed by atoms with Gasteiger partial charge in [-0.2, -0.15) is 5.10 Å². The normalized spacial score (nSPS) is 22.2. The molecule has 1 N–H and O–H groups in total. The van der Waals surface area contributed by atoms with Crippen molar-refractivity contribution in [3.05, 3.63) is 46.4 Å². The van der Waals surface area contributed by atoms with E-state index in [2.05, 4.69) is 17.1 Å². The van der Waals surface area contributed by atoms with Crippen LogP contribution >= 0.6 is 0 Å². The van der Waals surface area contributed by atoms with Gasteiger partial charge in [0.15, 0.2) is 0 Å². The lowest BCUT2D eigenvalue weighted by atomic mass is 9.79. The predicted molar refractivity (Wildman–Crippen MR) is 122 cm³/mol. The molecule has 4 rings (SSSR count). The molecule has 32 heavy (non-hydrogen) atoms.